The molecule has 4 aromatic rings. The van der Waals surface area contributed by atoms with Crippen LogP contribution < -0.4 is 0 Å². The standard InChI is InChI=1S/C11H8ClN3.C5H6N2O/c12-8-1-2-9-7(5-8)6-11(14-9)10-3-4-13-15-10;1-4(8)5-2-3-6-7-5/h1-6,14H,(H,13,15);2-3H,1H3,(H,6,7). The highest BCUT2D eigenvalue weighted by Gasteiger charge is 2.04. The van der Waals surface area contributed by atoms with Crippen molar-refractivity contribution in [2.24, 2.45) is 0 Å². The molecule has 0 spiro atoms. The molecule has 7 heteroatoms. The third-order valence-electron chi connectivity index (χ3n) is 3.25. The summed E-state index contributed by atoms with van der Waals surface area (Å²) < 4.78 is 0. The van der Waals surface area contributed by atoms with Crippen LogP contribution in [0.25, 0.3) is 22.3 Å². The largest absolute Gasteiger partial charge is 0.353 e. The number of aromatic amines is 3. The van der Waals surface area contributed by atoms with E-state index >= 15 is 0 Å². The first-order valence-electron chi connectivity index (χ1n) is 6.92. The molecular formula is C16H14ClN5O. The molecule has 0 saturated heterocycles. The Morgan fingerprint density at radius 3 is 2.39 bits per heavy atom. The molecule has 0 radical (unpaired) electrons. The van der Waals surface area contributed by atoms with E-state index in [0.717, 1.165) is 27.3 Å². The summed E-state index contributed by atoms with van der Waals surface area (Å²) in [5.74, 6) is 0.0162. The molecule has 0 amide bonds. The van der Waals surface area contributed by atoms with Crippen LogP contribution in [-0.2, 0) is 0 Å². The van der Waals surface area contributed by atoms with Crippen LogP contribution >= 0.6 is 11.6 Å². The number of nitrogens with one attached hydrogen (secondary N) is 3. The Hall–Kier alpha value is -2.86. The van der Waals surface area contributed by atoms with Gasteiger partial charge in [0.1, 0.15) is 5.69 Å². The van der Waals surface area contributed by atoms with E-state index in [4.69, 9.17) is 11.6 Å². The van der Waals surface area contributed by atoms with E-state index in [2.05, 4.69) is 31.4 Å². The van der Waals surface area contributed by atoms with Gasteiger partial charge in [0.2, 0.25) is 0 Å². The number of nitrogens with zero attached hydrogens (tertiary/aromatic N) is 2. The maximum absolute atomic E-state index is 10.4. The molecule has 0 aliphatic rings. The van der Waals surface area contributed by atoms with Crippen LogP contribution in [0.15, 0.2) is 48.8 Å². The molecular weight excluding hydrogens is 314 g/mol. The van der Waals surface area contributed by atoms with Gasteiger partial charge in [-0.3, -0.25) is 15.0 Å². The second kappa shape index (κ2) is 6.50. The minimum atomic E-state index is 0.0162. The van der Waals surface area contributed by atoms with Gasteiger partial charge < -0.3 is 4.98 Å². The highest BCUT2D eigenvalue weighted by Crippen LogP contribution is 2.24. The van der Waals surface area contributed by atoms with E-state index in [1.54, 1.807) is 18.5 Å². The minimum Gasteiger partial charge on any atom is -0.353 e. The van der Waals surface area contributed by atoms with Gasteiger partial charge in [-0.25, -0.2) is 0 Å². The zero-order chi connectivity index (χ0) is 16.2. The molecule has 0 saturated carbocycles. The second-order valence-electron chi connectivity index (χ2n) is 4.91. The number of halogens is 1. The smallest absolute Gasteiger partial charge is 0.177 e. The number of hydrogen-bond donors (Lipinski definition) is 3. The fourth-order valence-corrected chi connectivity index (χ4v) is 2.29. The summed E-state index contributed by atoms with van der Waals surface area (Å²) >= 11 is 5.92. The van der Waals surface area contributed by atoms with E-state index in [1.165, 1.54) is 6.92 Å². The lowest BCUT2D eigenvalue weighted by Gasteiger charge is -1.89. The number of aromatic nitrogens is 5. The fraction of sp³-hybridized carbons (Fsp3) is 0.0625. The molecule has 23 heavy (non-hydrogen) atoms. The van der Waals surface area contributed by atoms with Crippen LogP contribution in [0.4, 0.5) is 0 Å². The molecule has 0 atom stereocenters. The van der Waals surface area contributed by atoms with Crippen molar-refractivity contribution in [3.05, 3.63) is 59.5 Å². The molecule has 0 bridgehead atoms. The Kier molecular flexibility index (Phi) is 4.25. The number of ketones is 1. The van der Waals surface area contributed by atoms with Crippen molar-refractivity contribution in [3.8, 4) is 11.4 Å². The van der Waals surface area contributed by atoms with Gasteiger partial charge in [0.05, 0.1) is 11.4 Å². The van der Waals surface area contributed by atoms with E-state index < -0.39 is 0 Å². The monoisotopic (exact) mass is 327 g/mol. The van der Waals surface area contributed by atoms with Crippen molar-refractivity contribution in [1.82, 2.24) is 25.4 Å². The quantitative estimate of drug-likeness (QED) is 0.489. The van der Waals surface area contributed by atoms with E-state index in [9.17, 15) is 4.79 Å². The maximum atomic E-state index is 10.4. The predicted molar refractivity (Wildman–Crippen MR) is 89.5 cm³/mol. The number of benzene rings is 1. The molecule has 0 unspecified atom stereocenters. The fourth-order valence-electron chi connectivity index (χ4n) is 2.11. The lowest BCUT2D eigenvalue weighted by atomic mass is 10.2. The Morgan fingerprint density at radius 2 is 1.78 bits per heavy atom. The summed E-state index contributed by atoms with van der Waals surface area (Å²) in [4.78, 5) is 13.7. The molecule has 116 valence electrons. The zero-order valence-electron chi connectivity index (χ0n) is 12.3. The Morgan fingerprint density at radius 1 is 1.00 bits per heavy atom. The third kappa shape index (κ3) is 3.49. The molecule has 3 aromatic heterocycles. The van der Waals surface area contributed by atoms with Crippen molar-refractivity contribution in [3.63, 3.8) is 0 Å². The van der Waals surface area contributed by atoms with Crippen molar-refractivity contribution in [2.75, 3.05) is 0 Å². The van der Waals surface area contributed by atoms with E-state index in [-0.39, 0.29) is 5.78 Å². The summed E-state index contributed by atoms with van der Waals surface area (Å²) in [5, 5.41) is 14.8. The third-order valence-corrected chi connectivity index (χ3v) is 3.49. The maximum Gasteiger partial charge on any atom is 0.177 e. The van der Waals surface area contributed by atoms with Crippen LogP contribution in [0.2, 0.25) is 5.02 Å². The molecule has 0 aliphatic carbocycles. The number of rotatable bonds is 2. The highest BCUT2D eigenvalue weighted by atomic mass is 35.5. The summed E-state index contributed by atoms with van der Waals surface area (Å²) in [6.07, 6.45) is 3.28. The molecule has 3 heterocycles. The number of hydrogen-bond acceptors (Lipinski definition) is 3. The van der Waals surface area contributed by atoms with Crippen LogP contribution in [0, 0.1) is 0 Å². The van der Waals surface area contributed by atoms with Gasteiger partial charge in [0.25, 0.3) is 0 Å². The van der Waals surface area contributed by atoms with Crippen LogP contribution in [0.1, 0.15) is 17.4 Å². The second-order valence-corrected chi connectivity index (χ2v) is 5.35. The number of fused-ring (bicyclic) bond motifs is 1. The van der Waals surface area contributed by atoms with Crippen molar-refractivity contribution >= 4 is 28.3 Å². The predicted octanol–water partition coefficient (Wildman–Crippen LogP) is 3.82. The van der Waals surface area contributed by atoms with Gasteiger partial charge in [0, 0.05) is 35.2 Å². The first kappa shape index (κ1) is 15.1. The molecule has 6 nitrogen and oxygen atoms in total. The Bertz CT molecular complexity index is 909. The number of carbonyl (C=O) groups excluding carboxylic acids is 1. The SMILES string of the molecule is CC(=O)c1ccn[nH]1.Clc1ccc2[nH]c(-c3ccn[nH]3)cc2c1. The van der Waals surface area contributed by atoms with Crippen LogP contribution in [0.3, 0.4) is 0 Å². The zero-order valence-corrected chi connectivity index (χ0v) is 13.1. The average Bonchev–Trinajstić information content (AvgIpc) is 3.27. The topological polar surface area (TPSA) is 90.2 Å². The van der Waals surface area contributed by atoms with Crippen molar-refractivity contribution in [1.29, 1.82) is 0 Å². The lowest BCUT2D eigenvalue weighted by Crippen LogP contribution is -1.90. The van der Waals surface area contributed by atoms with Crippen molar-refractivity contribution in [2.45, 2.75) is 6.92 Å². The van der Waals surface area contributed by atoms with Crippen molar-refractivity contribution < 1.29 is 4.79 Å². The summed E-state index contributed by atoms with van der Waals surface area (Å²) in [5.41, 5.74) is 3.63. The molecule has 0 fully saturated rings. The van der Waals surface area contributed by atoms with Gasteiger partial charge in [-0.1, -0.05) is 11.6 Å². The number of carbonyl (C=O) groups is 1. The number of H-pyrrole nitrogens is 3. The molecule has 1 aromatic carbocycles. The summed E-state index contributed by atoms with van der Waals surface area (Å²) in [7, 11) is 0. The van der Waals surface area contributed by atoms with Gasteiger partial charge in [-0.05, 0) is 36.4 Å². The van der Waals surface area contributed by atoms with Gasteiger partial charge in [-0.15, -0.1) is 0 Å². The molecule has 4 rings (SSSR count). The summed E-state index contributed by atoms with van der Waals surface area (Å²) in [6, 6.07) is 11.4. The highest BCUT2D eigenvalue weighted by molar-refractivity contribution is 6.31. The van der Waals surface area contributed by atoms with Gasteiger partial charge in [-0.2, -0.15) is 10.2 Å². The van der Waals surface area contributed by atoms with E-state index in [1.807, 2.05) is 24.3 Å². The van der Waals surface area contributed by atoms with Gasteiger partial charge in [0.15, 0.2) is 5.78 Å². The molecule has 3 N–H and O–H groups in total. The van der Waals surface area contributed by atoms with Crippen LogP contribution in [-0.4, -0.2) is 31.2 Å². The first-order chi connectivity index (χ1) is 11.1. The summed E-state index contributed by atoms with van der Waals surface area (Å²) in [6.45, 7) is 1.49. The normalized spacial score (nSPS) is 10.3. The van der Waals surface area contributed by atoms with Gasteiger partial charge >= 0.3 is 0 Å². The van der Waals surface area contributed by atoms with E-state index in [0.29, 0.717) is 5.69 Å². The average molecular weight is 328 g/mol. The minimum absolute atomic E-state index is 0.0162. The number of Topliss-reactive ketones (excluding diaryl/α,β-unsaturated/α-hetero) is 1. The molecule has 0 aliphatic heterocycles. The van der Waals surface area contributed by atoms with Crippen LogP contribution in [0.5, 0.6) is 0 Å². The Balaban J connectivity index is 0.000000166. The lowest BCUT2D eigenvalue weighted by molar-refractivity contribution is 0.101. The first-order valence-corrected chi connectivity index (χ1v) is 7.29. The Labute approximate surface area is 136 Å².